The van der Waals surface area contributed by atoms with Crippen LogP contribution in [0, 0.1) is 11.3 Å². The van der Waals surface area contributed by atoms with Crippen LogP contribution in [0.4, 0.5) is 0 Å². The summed E-state index contributed by atoms with van der Waals surface area (Å²) in [5.41, 5.74) is -0.372. The van der Waals surface area contributed by atoms with Gasteiger partial charge in [0.2, 0.25) is 5.91 Å². The molecule has 0 aliphatic heterocycles. The third kappa shape index (κ3) is 4.91. The Kier molecular flexibility index (Phi) is 6.90. The molecular weight excluding hydrogens is 371 g/mol. The highest BCUT2D eigenvalue weighted by Gasteiger charge is 2.35. The zero-order chi connectivity index (χ0) is 19.2. The quantitative estimate of drug-likeness (QED) is 0.685. The van der Waals surface area contributed by atoms with E-state index in [-0.39, 0.29) is 18.9 Å². The molecule has 4 nitrogen and oxygen atoms in total. The first-order valence-electron chi connectivity index (χ1n) is 8.23. The van der Waals surface area contributed by atoms with Gasteiger partial charge in [0.25, 0.3) is 0 Å². The Bertz CT molecular complexity index is 802. The van der Waals surface area contributed by atoms with Gasteiger partial charge in [0, 0.05) is 16.6 Å². The van der Waals surface area contributed by atoms with Crippen molar-refractivity contribution in [2.75, 3.05) is 13.2 Å². The van der Waals surface area contributed by atoms with Gasteiger partial charge in [0.05, 0.1) is 12.5 Å². The van der Waals surface area contributed by atoms with E-state index < -0.39 is 5.54 Å². The van der Waals surface area contributed by atoms with Crippen molar-refractivity contribution in [1.29, 1.82) is 5.26 Å². The number of halogens is 2. The molecule has 1 atom stereocenters. The van der Waals surface area contributed by atoms with Crippen molar-refractivity contribution in [3.05, 3.63) is 64.1 Å². The van der Waals surface area contributed by atoms with E-state index in [4.69, 9.17) is 27.9 Å². The number of nitriles is 1. The molecule has 0 aromatic heterocycles. The number of carbonyl (C=O) groups is 1. The number of benzene rings is 2. The summed E-state index contributed by atoms with van der Waals surface area (Å²) in [5, 5.41) is 10.8. The van der Waals surface area contributed by atoms with E-state index >= 15 is 0 Å². The Morgan fingerprint density at radius 1 is 1.19 bits per heavy atom. The summed E-state index contributed by atoms with van der Waals surface area (Å²) in [4.78, 5) is 14.3. The summed E-state index contributed by atoms with van der Waals surface area (Å²) in [5.74, 6) is 0.412. The maximum atomic E-state index is 12.8. The fraction of sp³-hybridized carbons (Fsp3) is 0.300. The van der Waals surface area contributed by atoms with Crippen molar-refractivity contribution >= 4 is 29.1 Å². The lowest BCUT2D eigenvalue weighted by Gasteiger charge is -2.35. The van der Waals surface area contributed by atoms with E-state index in [1.165, 1.54) is 4.90 Å². The first kappa shape index (κ1) is 20.1. The van der Waals surface area contributed by atoms with Gasteiger partial charge in [-0.05, 0) is 49.7 Å². The van der Waals surface area contributed by atoms with Crippen LogP contribution in [0.3, 0.4) is 0 Å². The van der Waals surface area contributed by atoms with Crippen molar-refractivity contribution in [3.8, 4) is 11.8 Å². The topological polar surface area (TPSA) is 53.3 Å². The monoisotopic (exact) mass is 390 g/mol. The van der Waals surface area contributed by atoms with Gasteiger partial charge in [-0.15, -0.1) is 0 Å². The molecule has 0 aliphatic rings. The van der Waals surface area contributed by atoms with E-state index in [2.05, 4.69) is 6.07 Å². The van der Waals surface area contributed by atoms with Crippen molar-refractivity contribution in [2.24, 2.45) is 0 Å². The fourth-order valence-electron chi connectivity index (χ4n) is 2.63. The molecule has 0 heterocycles. The van der Waals surface area contributed by atoms with Crippen LogP contribution in [0.2, 0.25) is 10.0 Å². The van der Waals surface area contributed by atoms with E-state index in [0.29, 0.717) is 22.3 Å². The number of nitrogens with zero attached hydrogens (tertiary/aromatic N) is 2. The van der Waals surface area contributed by atoms with Gasteiger partial charge in [-0.1, -0.05) is 41.4 Å². The van der Waals surface area contributed by atoms with Crippen molar-refractivity contribution in [1.82, 2.24) is 4.90 Å². The number of hydrogen-bond donors (Lipinski definition) is 0. The molecule has 0 saturated heterocycles. The normalized spacial score (nSPS) is 12.7. The van der Waals surface area contributed by atoms with E-state index in [9.17, 15) is 10.1 Å². The van der Waals surface area contributed by atoms with Gasteiger partial charge < -0.3 is 9.64 Å². The highest BCUT2D eigenvalue weighted by Crippen LogP contribution is 2.22. The SMILES string of the molecule is CCN(C(=O)Cc1ccccc1Cl)C(C)(C#N)COc1ccc(Cl)cc1. The Morgan fingerprint density at radius 2 is 1.85 bits per heavy atom. The highest BCUT2D eigenvalue weighted by atomic mass is 35.5. The minimum atomic E-state index is -1.10. The Balaban J connectivity index is 2.13. The Labute approximate surface area is 163 Å². The number of rotatable bonds is 7. The number of ether oxygens (including phenoxy) is 1. The molecule has 1 unspecified atom stereocenters. The largest absolute Gasteiger partial charge is 0.490 e. The third-order valence-electron chi connectivity index (χ3n) is 4.09. The molecule has 2 aromatic rings. The third-order valence-corrected chi connectivity index (χ3v) is 4.71. The smallest absolute Gasteiger partial charge is 0.228 e. The predicted octanol–water partition coefficient (Wildman–Crippen LogP) is 4.75. The predicted molar refractivity (Wildman–Crippen MR) is 104 cm³/mol. The number of hydrogen-bond acceptors (Lipinski definition) is 3. The van der Waals surface area contributed by atoms with E-state index in [1.54, 1.807) is 37.3 Å². The fourth-order valence-corrected chi connectivity index (χ4v) is 2.95. The van der Waals surface area contributed by atoms with Crippen LogP contribution < -0.4 is 4.74 Å². The van der Waals surface area contributed by atoms with Crippen LogP contribution in [0.15, 0.2) is 48.5 Å². The average Bonchev–Trinajstić information content (AvgIpc) is 2.63. The molecule has 0 fully saturated rings. The molecule has 2 rings (SSSR count). The number of carbonyl (C=O) groups excluding carboxylic acids is 1. The van der Waals surface area contributed by atoms with Gasteiger partial charge in [-0.2, -0.15) is 5.26 Å². The molecule has 136 valence electrons. The summed E-state index contributed by atoms with van der Waals surface area (Å²) < 4.78 is 5.72. The zero-order valence-electron chi connectivity index (χ0n) is 14.7. The maximum Gasteiger partial charge on any atom is 0.228 e. The Hall–Kier alpha value is -2.22. The summed E-state index contributed by atoms with van der Waals surface area (Å²) >= 11 is 12.0. The summed E-state index contributed by atoms with van der Waals surface area (Å²) in [6.07, 6.45) is 0.131. The van der Waals surface area contributed by atoms with Crippen LogP contribution in [0.1, 0.15) is 19.4 Å². The highest BCUT2D eigenvalue weighted by molar-refractivity contribution is 6.31. The molecule has 0 radical (unpaired) electrons. The molecule has 26 heavy (non-hydrogen) atoms. The van der Waals surface area contributed by atoms with Crippen LogP contribution in [-0.4, -0.2) is 29.5 Å². The molecule has 1 amide bonds. The molecule has 0 saturated carbocycles. The van der Waals surface area contributed by atoms with Gasteiger partial charge in [0.15, 0.2) is 5.54 Å². The minimum Gasteiger partial charge on any atom is -0.490 e. The summed E-state index contributed by atoms with van der Waals surface area (Å²) in [6.45, 7) is 3.96. The standard InChI is InChI=1S/C20H20Cl2N2O2/c1-3-24(19(25)12-15-6-4-5-7-18(15)22)20(2,13-23)14-26-17-10-8-16(21)9-11-17/h4-11H,3,12,14H2,1-2H3. The number of likely N-dealkylation sites (N-methyl/N-ethyl adjacent to an activating group) is 1. The van der Waals surface area contributed by atoms with Crippen LogP contribution in [0.5, 0.6) is 5.75 Å². The molecule has 0 bridgehead atoms. The van der Waals surface area contributed by atoms with Crippen molar-refractivity contribution in [2.45, 2.75) is 25.8 Å². The van der Waals surface area contributed by atoms with Crippen LogP contribution in [0.25, 0.3) is 0 Å². The van der Waals surface area contributed by atoms with E-state index in [1.807, 2.05) is 25.1 Å². The second kappa shape index (κ2) is 8.93. The molecular formula is C20H20Cl2N2O2. The van der Waals surface area contributed by atoms with E-state index in [0.717, 1.165) is 5.56 Å². The zero-order valence-corrected chi connectivity index (χ0v) is 16.2. The van der Waals surface area contributed by atoms with Crippen molar-refractivity contribution < 1.29 is 9.53 Å². The second-order valence-corrected chi connectivity index (χ2v) is 6.88. The lowest BCUT2D eigenvalue weighted by Crippen LogP contribution is -2.53. The number of amides is 1. The maximum absolute atomic E-state index is 12.8. The molecule has 0 N–H and O–H groups in total. The van der Waals surface area contributed by atoms with Crippen LogP contribution >= 0.6 is 23.2 Å². The lowest BCUT2D eigenvalue weighted by atomic mass is 10.0. The second-order valence-electron chi connectivity index (χ2n) is 6.03. The average molecular weight is 391 g/mol. The van der Waals surface area contributed by atoms with Crippen LogP contribution in [-0.2, 0) is 11.2 Å². The van der Waals surface area contributed by atoms with Gasteiger partial charge in [0.1, 0.15) is 12.4 Å². The van der Waals surface area contributed by atoms with Gasteiger partial charge >= 0.3 is 0 Å². The molecule has 0 spiro atoms. The summed E-state index contributed by atoms with van der Waals surface area (Å²) in [7, 11) is 0. The molecule has 6 heteroatoms. The Morgan fingerprint density at radius 3 is 2.42 bits per heavy atom. The molecule has 2 aromatic carbocycles. The first-order chi connectivity index (χ1) is 12.4. The van der Waals surface area contributed by atoms with Gasteiger partial charge in [-0.3, -0.25) is 4.79 Å². The van der Waals surface area contributed by atoms with Crippen molar-refractivity contribution in [3.63, 3.8) is 0 Å². The molecule has 0 aliphatic carbocycles. The summed E-state index contributed by atoms with van der Waals surface area (Å²) in [6, 6.07) is 16.3. The minimum absolute atomic E-state index is 0.0488. The van der Waals surface area contributed by atoms with Gasteiger partial charge in [-0.25, -0.2) is 0 Å². The first-order valence-corrected chi connectivity index (χ1v) is 8.98. The lowest BCUT2D eigenvalue weighted by molar-refractivity contribution is -0.135.